The molecule has 200 valence electrons. The second kappa shape index (κ2) is 10.6. The number of amides is 2. The first kappa shape index (κ1) is 27.1. The molecule has 0 fully saturated rings. The van der Waals surface area contributed by atoms with E-state index in [4.69, 9.17) is 16.0 Å². The van der Waals surface area contributed by atoms with Gasteiger partial charge in [-0.15, -0.1) is 0 Å². The second-order valence-electron chi connectivity index (χ2n) is 11.0. The molecule has 0 spiro atoms. The number of benzene rings is 3. The zero-order valence-electron chi connectivity index (χ0n) is 23.0. The van der Waals surface area contributed by atoms with Crippen LogP contribution in [0.15, 0.2) is 85.1 Å². The van der Waals surface area contributed by atoms with Crippen LogP contribution in [0.2, 0.25) is 10.3 Å². The number of carbonyl (C=O) groups is 1. The fourth-order valence-electron chi connectivity index (χ4n) is 5.47. The molecule has 5 rings (SSSR count). The van der Waals surface area contributed by atoms with E-state index in [2.05, 4.69) is 97.5 Å². The van der Waals surface area contributed by atoms with Gasteiger partial charge in [0.15, 0.2) is 0 Å². The van der Waals surface area contributed by atoms with Crippen molar-refractivity contribution in [2.75, 3.05) is 16.8 Å². The Bertz CT molecular complexity index is 1450. The first-order chi connectivity index (χ1) is 18.6. The van der Waals surface area contributed by atoms with Crippen LogP contribution < -0.4 is 20.2 Å². The van der Waals surface area contributed by atoms with Crippen molar-refractivity contribution in [3.05, 3.63) is 107 Å². The van der Waals surface area contributed by atoms with Crippen molar-refractivity contribution in [2.24, 2.45) is 0 Å². The molecule has 2 amide bonds. The summed E-state index contributed by atoms with van der Waals surface area (Å²) in [5.74, 6) is 0.542. The third-order valence-corrected chi connectivity index (χ3v) is 12.6. The van der Waals surface area contributed by atoms with Crippen LogP contribution >= 0.6 is 11.6 Å². The maximum absolute atomic E-state index is 13.4. The van der Waals surface area contributed by atoms with Gasteiger partial charge in [-0.05, 0) is 51.1 Å². The number of hydrogen-bond donors (Lipinski definition) is 0. The van der Waals surface area contributed by atoms with Gasteiger partial charge in [0.2, 0.25) is 5.28 Å². The smallest absolute Gasteiger partial charge is 0.330 e. The molecular formula is C31H33ClN4O2Si. The number of anilines is 2. The molecule has 0 atom stereocenters. The SMILES string of the molecule is Cc1ccc(CO[Si](c2ccccc2)(c2ccccc2)C(C)(C)C)cc1N1Cc2cnc(Cl)nc2N(C)C1=O. The molecule has 0 radical (unpaired) electrons. The van der Waals surface area contributed by atoms with Gasteiger partial charge in [-0.25, -0.2) is 9.78 Å². The molecule has 0 unspecified atom stereocenters. The Morgan fingerprint density at radius 3 is 2.18 bits per heavy atom. The van der Waals surface area contributed by atoms with Crippen molar-refractivity contribution in [1.82, 2.24) is 9.97 Å². The highest BCUT2D eigenvalue weighted by atomic mass is 35.5. The Labute approximate surface area is 236 Å². The molecule has 1 aliphatic rings. The third-order valence-electron chi connectivity index (χ3n) is 7.41. The predicted octanol–water partition coefficient (Wildman–Crippen LogP) is 6.09. The van der Waals surface area contributed by atoms with Crippen LogP contribution in [0.5, 0.6) is 0 Å². The Hall–Kier alpha value is -3.52. The summed E-state index contributed by atoms with van der Waals surface area (Å²) in [5, 5.41) is 2.47. The zero-order chi connectivity index (χ0) is 27.8. The fourth-order valence-corrected chi connectivity index (χ4v) is 10.1. The van der Waals surface area contributed by atoms with Gasteiger partial charge >= 0.3 is 6.03 Å². The van der Waals surface area contributed by atoms with E-state index in [1.807, 2.05) is 19.1 Å². The maximum Gasteiger partial charge on any atom is 0.330 e. The van der Waals surface area contributed by atoms with Crippen molar-refractivity contribution in [3.63, 3.8) is 0 Å². The van der Waals surface area contributed by atoms with Crippen LogP contribution in [0.4, 0.5) is 16.3 Å². The van der Waals surface area contributed by atoms with Crippen LogP contribution in [0.1, 0.15) is 37.5 Å². The topological polar surface area (TPSA) is 58.6 Å². The van der Waals surface area contributed by atoms with E-state index in [1.54, 1.807) is 18.1 Å². The quantitative estimate of drug-likeness (QED) is 0.213. The minimum Gasteiger partial charge on any atom is -0.403 e. The summed E-state index contributed by atoms with van der Waals surface area (Å²) < 4.78 is 7.14. The summed E-state index contributed by atoms with van der Waals surface area (Å²) in [4.78, 5) is 25.1. The van der Waals surface area contributed by atoms with Gasteiger partial charge in [0.25, 0.3) is 8.32 Å². The molecule has 0 bridgehead atoms. The molecule has 4 aromatic rings. The summed E-state index contributed by atoms with van der Waals surface area (Å²) in [5.41, 5.74) is 3.70. The molecule has 6 nitrogen and oxygen atoms in total. The average Bonchev–Trinajstić information content (AvgIpc) is 2.93. The van der Waals surface area contributed by atoms with E-state index in [9.17, 15) is 4.79 Å². The number of urea groups is 1. The molecule has 1 aromatic heterocycles. The highest BCUT2D eigenvalue weighted by molar-refractivity contribution is 6.99. The van der Waals surface area contributed by atoms with Gasteiger partial charge in [0, 0.05) is 24.5 Å². The van der Waals surface area contributed by atoms with Crippen LogP contribution in [-0.2, 0) is 17.6 Å². The molecule has 0 saturated carbocycles. The van der Waals surface area contributed by atoms with E-state index >= 15 is 0 Å². The molecule has 1 aliphatic heterocycles. The van der Waals surface area contributed by atoms with E-state index < -0.39 is 8.32 Å². The lowest BCUT2D eigenvalue weighted by molar-refractivity contribution is 0.251. The summed E-state index contributed by atoms with van der Waals surface area (Å²) in [7, 11) is -0.987. The predicted molar refractivity (Wildman–Crippen MR) is 161 cm³/mol. The van der Waals surface area contributed by atoms with Crippen molar-refractivity contribution >= 4 is 47.8 Å². The average molecular weight is 557 g/mol. The summed E-state index contributed by atoms with van der Waals surface area (Å²) in [6.07, 6.45) is 1.69. The normalized spacial score (nSPS) is 13.9. The number of rotatable bonds is 6. The fraction of sp³-hybridized carbons (Fsp3) is 0.258. The Kier molecular flexibility index (Phi) is 7.33. The van der Waals surface area contributed by atoms with Gasteiger partial charge in [-0.2, -0.15) is 4.98 Å². The second-order valence-corrected chi connectivity index (χ2v) is 15.6. The lowest BCUT2D eigenvalue weighted by atomic mass is 10.1. The van der Waals surface area contributed by atoms with E-state index in [0.717, 1.165) is 22.4 Å². The summed E-state index contributed by atoms with van der Waals surface area (Å²) in [6.45, 7) is 9.63. The lowest BCUT2D eigenvalue weighted by Gasteiger charge is -2.43. The monoisotopic (exact) mass is 556 g/mol. The first-order valence-electron chi connectivity index (χ1n) is 13.0. The molecule has 0 N–H and O–H groups in total. The van der Waals surface area contributed by atoms with Crippen molar-refractivity contribution in [3.8, 4) is 0 Å². The maximum atomic E-state index is 13.4. The standard InChI is InChI=1S/C31H33ClN4O2Si/c1-22-16-17-23(18-27(22)36-20-24-19-33-29(32)34-28(24)35(5)30(36)37)21-38-39(31(2,3)4,25-12-8-6-9-13-25)26-14-10-7-11-15-26/h6-19H,20-21H2,1-5H3. The number of nitrogens with zero attached hydrogens (tertiary/aromatic N) is 4. The largest absolute Gasteiger partial charge is 0.403 e. The third kappa shape index (κ3) is 4.98. The molecule has 39 heavy (non-hydrogen) atoms. The van der Waals surface area contributed by atoms with Gasteiger partial charge in [0.1, 0.15) is 5.82 Å². The molecule has 8 heteroatoms. The molecular weight excluding hydrogens is 524 g/mol. The minimum absolute atomic E-state index is 0.125. The van der Waals surface area contributed by atoms with Crippen molar-refractivity contribution in [2.45, 2.75) is 45.9 Å². The van der Waals surface area contributed by atoms with Gasteiger partial charge < -0.3 is 4.43 Å². The van der Waals surface area contributed by atoms with Crippen LogP contribution in [0, 0.1) is 6.92 Å². The summed E-state index contributed by atoms with van der Waals surface area (Å²) in [6, 6.07) is 27.3. The van der Waals surface area contributed by atoms with E-state index in [0.29, 0.717) is 19.0 Å². The van der Waals surface area contributed by atoms with Crippen LogP contribution in [0.3, 0.4) is 0 Å². The highest BCUT2D eigenvalue weighted by Gasteiger charge is 2.50. The van der Waals surface area contributed by atoms with Crippen LogP contribution in [0.25, 0.3) is 0 Å². The van der Waals surface area contributed by atoms with Crippen molar-refractivity contribution < 1.29 is 9.22 Å². The number of aryl methyl sites for hydroxylation is 1. The minimum atomic E-state index is -2.70. The number of hydrogen-bond acceptors (Lipinski definition) is 4. The molecule has 0 aliphatic carbocycles. The first-order valence-corrected chi connectivity index (χ1v) is 15.3. The lowest BCUT2D eigenvalue weighted by Crippen LogP contribution is -2.66. The Morgan fingerprint density at radius 2 is 1.59 bits per heavy atom. The number of fused-ring (bicyclic) bond motifs is 1. The highest BCUT2D eigenvalue weighted by Crippen LogP contribution is 2.38. The van der Waals surface area contributed by atoms with E-state index in [-0.39, 0.29) is 16.4 Å². The van der Waals surface area contributed by atoms with Gasteiger partial charge in [-0.3, -0.25) is 9.80 Å². The van der Waals surface area contributed by atoms with E-state index in [1.165, 1.54) is 15.3 Å². The van der Waals surface area contributed by atoms with Crippen LogP contribution in [-0.4, -0.2) is 31.4 Å². The number of halogens is 1. The Balaban J connectivity index is 1.52. The number of carbonyl (C=O) groups excluding carboxylic acids is 1. The Morgan fingerprint density at radius 1 is 0.974 bits per heavy atom. The number of aromatic nitrogens is 2. The molecule has 3 aromatic carbocycles. The molecule has 2 heterocycles. The van der Waals surface area contributed by atoms with Gasteiger partial charge in [-0.1, -0.05) is 93.6 Å². The molecule has 0 saturated heterocycles. The summed E-state index contributed by atoms with van der Waals surface area (Å²) >= 11 is 6.00. The van der Waals surface area contributed by atoms with Crippen molar-refractivity contribution in [1.29, 1.82) is 0 Å². The zero-order valence-corrected chi connectivity index (χ0v) is 24.7. The van der Waals surface area contributed by atoms with Gasteiger partial charge in [0.05, 0.1) is 13.2 Å².